The molecular weight excluding hydrogens is 580 g/mol. The van der Waals surface area contributed by atoms with E-state index in [9.17, 15) is 14.4 Å². The lowest BCUT2D eigenvalue weighted by Gasteiger charge is -2.15. The fourth-order valence-electron chi connectivity index (χ4n) is 4.22. The summed E-state index contributed by atoms with van der Waals surface area (Å²) in [5.74, 6) is -0.656. The highest BCUT2D eigenvalue weighted by Crippen LogP contribution is 2.31. The van der Waals surface area contributed by atoms with Crippen LogP contribution in [0.1, 0.15) is 93.4 Å². The Morgan fingerprint density at radius 3 is 2.02 bits per heavy atom. The van der Waals surface area contributed by atoms with Crippen molar-refractivity contribution in [3.8, 4) is 22.6 Å². The third-order valence-electron chi connectivity index (χ3n) is 7.26. The van der Waals surface area contributed by atoms with Gasteiger partial charge in [-0.2, -0.15) is 0 Å². The van der Waals surface area contributed by atoms with E-state index >= 15 is 0 Å². The van der Waals surface area contributed by atoms with Gasteiger partial charge in [-0.15, -0.1) is 0 Å². The number of carbonyl (C=O) groups is 3. The van der Waals surface area contributed by atoms with Gasteiger partial charge in [0, 0.05) is 0 Å². The summed E-state index contributed by atoms with van der Waals surface area (Å²) in [6.07, 6.45) is 7.02. The monoisotopic (exact) mass is 622 g/mol. The van der Waals surface area contributed by atoms with Crippen LogP contribution in [0.2, 0.25) is 5.02 Å². The van der Waals surface area contributed by atoms with Crippen molar-refractivity contribution in [3.63, 3.8) is 0 Å². The Balaban J connectivity index is 1.49. The quantitative estimate of drug-likeness (QED) is 0.0842. The van der Waals surface area contributed by atoms with Gasteiger partial charge in [-0.05, 0) is 78.9 Å². The van der Waals surface area contributed by atoms with Crippen molar-refractivity contribution in [2.45, 2.75) is 78.7 Å². The number of unbranched alkanes of at least 4 members (excludes halogenated alkanes) is 5. The zero-order chi connectivity index (χ0) is 31.9. The molecule has 8 heteroatoms. The van der Waals surface area contributed by atoms with Gasteiger partial charge in [-0.25, -0.2) is 14.4 Å². The second-order valence-electron chi connectivity index (χ2n) is 10.9. The molecule has 0 unspecified atom stereocenters. The molecule has 3 aromatic rings. The standard InChI is InChI=1S/C36H43ClO7/c1-5-7-8-9-10-11-22-41-33-21-18-30(23-32(33)37)27-12-14-28(15-13-27)36(40)44-31-19-16-29(17-20-31)35(39)43-26(4)34(38)42-24-25(3)6-2/h12-21,23,25-26H,5-11,22,24H2,1-4H3/t25-,26-/m0/s1. The number of hydrogen-bond acceptors (Lipinski definition) is 7. The highest BCUT2D eigenvalue weighted by molar-refractivity contribution is 6.32. The maximum atomic E-state index is 12.7. The predicted octanol–water partition coefficient (Wildman–Crippen LogP) is 9.10. The first-order valence-electron chi connectivity index (χ1n) is 15.4. The van der Waals surface area contributed by atoms with Crippen molar-refractivity contribution in [1.82, 2.24) is 0 Å². The van der Waals surface area contributed by atoms with Gasteiger partial charge in [-0.3, -0.25) is 0 Å². The summed E-state index contributed by atoms with van der Waals surface area (Å²) in [5.41, 5.74) is 2.38. The van der Waals surface area contributed by atoms with E-state index in [-0.39, 0.29) is 23.8 Å². The Labute approximate surface area is 265 Å². The number of esters is 3. The number of carbonyl (C=O) groups excluding carboxylic acids is 3. The van der Waals surface area contributed by atoms with Crippen LogP contribution in [-0.4, -0.2) is 37.2 Å². The van der Waals surface area contributed by atoms with Crippen LogP contribution in [-0.2, 0) is 14.3 Å². The van der Waals surface area contributed by atoms with Crippen LogP contribution in [0.25, 0.3) is 11.1 Å². The fourth-order valence-corrected chi connectivity index (χ4v) is 4.46. The van der Waals surface area contributed by atoms with Gasteiger partial charge in [0.1, 0.15) is 11.5 Å². The molecule has 0 spiro atoms. The molecule has 44 heavy (non-hydrogen) atoms. The number of benzene rings is 3. The largest absolute Gasteiger partial charge is 0.492 e. The molecule has 0 radical (unpaired) electrons. The van der Waals surface area contributed by atoms with E-state index in [2.05, 4.69) is 6.92 Å². The van der Waals surface area contributed by atoms with Crippen LogP contribution in [0.4, 0.5) is 0 Å². The van der Waals surface area contributed by atoms with E-state index in [1.165, 1.54) is 56.9 Å². The van der Waals surface area contributed by atoms with Crippen molar-refractivity contribution < 1.29 is 33.3 Å². The minimum Gasteiger partial charge on any atom is -0.492 e. The molecule has 0 aliphatic heterocycles. The van der Waals surface area contributed by atoms with Gasteiger partial charge in [0.15, 0.2) is 6.10 Å². The van der Waals surface area contributed by atoms with E-state index in [1.807, 2.05) is 44.2 Å². The van der Waals surface area contributed by atoms with Crippen LogP contribution in [0.15, 0.2) is 66.7 Å². The normalized spacial score (nSPS) is 12.2. The summed E-state index contributed by atoms with van der Waals surface area (Å²) < 4.78 is 21.7. The van der Waals surface area contributed by atoms with Crippen molar-refractivity contribution in [2.75, 3.05) is 13.2 Å². The molecule has 0 amide bonds. The Kier molecular flexibility index (Phi) is 14.2. The molecule has 7 nitrogen and oxygen atoms in total. The topological polar surface area (TPSA) is 88.1 Å². The summed E-state index contributed by atoms with van der Waals surface area (Å²) in [5, 5.41) is 0.542. The Morgan fingerprint density at radius 2 is 1.36 bits per heavy atom. The molecule has 236 valence electrons. The van der Waals surface area contributed by atoms with E-state index in [1.54, 1.807) is 12.1 Å². The molecule has 0 bridgehead atoms. The Bertz CT molecular complexity index is 1350. The fraction of sp³-hybridized carbons (Fsp3) is 0.417. The maximum Gasteiger partial charge on any atom is 0.347 e. The van der Waals surface area contributed by atoms with E-state index in [4.69, 9.17) is 30.5 Å². The molecule has 0 aliphatic carbocycles. The molecule has 2 atom stereocenters. The van der Waals surface area contributed by atoms with Gasteiger partial charge in [0.05, 0.1) is 29.4 Å². The highest BCUT2D eigenvalue weighted by atomic mass is 35.5. The molecule has 3 rings (SSSR count). The highest BCUT2D eigenvalue weighted by Gasteiger charge is 2.21. The summed E-state index contributed by atoms with van der Waals surface area (Å²) in [6, 6.07) is 18.6. The summed E-state index contributed by atoms with van der Waals surface area (Å²) in [4.78, 5) is 37.2. The van der Waals surface area contributed by atoms with E-state index in [0.717, 1.165) is 30.4 Å². The minimum atomic E-state index is -1.04. The van der Waals surface area contributed by atoms with Crippen molar-refractivity contribution in [2.24, 2.45) is 5.92 Å². The van der Waals surface area contributed by atoms with Gasteiger partial charge in [-0.1, -0.05) is 89.1 Å². The van der Waals surface area contributed by atoms with Crippen LogP contribution >= 0.6 is 11.6 Å². The Hall–Kier alpha value is -3.84. The minimum absolute atomic E-state index is 0.216. The number of ether oxygens (including phenoxy) is 4. The summed E-state index contributed by atoms with van der Waals surface area (Å²) in [7, 11) is 0. The average Bonchev–Trinajstić information content (AvgIpc) is 3.03. The zero-order valence-electron chi connectivity index (χ0n) is 26.1. The second kappa shape index (κ2) is 18.1. The first-order valence-corrected chi connectivity index (χ1v) is 15.8. The first kappa shape index (κ1) is 34.6. The Morgan fingerprint density at radius 1 is 0.750 bits per heavy atom. The molecule has 0 aliphatic rings. The molecule has 0 N–H and O–H groups in total. The number of rotatable bonds is 17. The smallest absolute Gasteiger partial charge is 0.347 e. The maximum absolute atomic E-state index is 12.7. The molecule has 0 fully saturated rings. The third kappa shape index (κ3) is 11.0. The van der Waals surface area contributed by atoms with Gasteiger partial charge in [0.25, 0.3) is 0 Å². The second-order valence-corrected chi connectivity index (χ2v) is 11.4. The molecule has 0 saturated carbocycles. The van der Waals surface area contributed by atoms with E-state index < -0.39 is 24.0 Å². The summed E-state index contributed by atoms with van der Waals surface area (Å²) in [6.45, 7) is 8.57. The third-order valence-corrected chi connectivity index (χ3v) is 7.56. The lowest BCUT2D eigenvalue weighted by Crippen LogP contribution is -2.27. The number of hydrogen-bond donors (Lipinski definition) is 0. The van der Waals surface area contributed by atoms with Crippen LogP contribution in [0, 0.1) is 5.92 Å². The lowest BCUT2D eigenvalue weighted by molar-refractivity contribution is -0.154. The zero-order valence-corrected chi connectivity index (χ0v) is 26.9. The average molecular weight is 623 g/mol. The first-order chi connectivity index (χ1) is 21.2. The van der Waals surface area contributed by atoms with Gasteiger partial charge in [0.2, 0.25) is 0 Å². The van der Waals surface area contributed by atoms with E-state index in [0.29, 0.717) is 22.9 Å². The molecule has 0 heterocycles. The van der Waals surface area contributed by atoms with Crippen LogP contribution in [0.5, 0.6) is 11.5 Å². The molecule has 0 saturated heterocycles. The van der Waals surface area contributed by atoms with Crippen molar-refractivity contribution in [1.29, 1.82) is 0 Å². The van der Waals surface area contributed by atoms with Gasteiger partial charge < -0.3 is 18.9 Å². The summed E-state index contributed by atoms with van der Waals surface area (Å²) >= 11 is 6.48. The SMILES string of the molecule is CCCCCCCCOc1ccc(-c2ccc(C(=O)Oc3ccc(C(=O)O[C@@H](C)C(=O)OC[C@@H](C)CC)cc3)cc2)cc1Cl. The molecule has 3 aromatic carbocycles. The predicted molar refractivity (Wildman–Crippen MR) is 172 cm³/mol. The lowest BCUT2D eigenvalue weighted by atomic mass is 10.0. The molecule has 0 aromatic heterocycles. The molecular formula is C36H43ClO7. The van der Waals surface area contributed by atoms with Crippen molar-refractivity contribution in [3.05, 3.63) is 82.9 Å². The van der Waals surface area contributed by atoms with Crippen molar-refractivity contribution >= 4 is 29.5 Å². The van der Waals surface area contributed by atoms with Gasteiger partial charge >= 0.3 is 17.9 Å². The number of halogens is 1. The van der Waals surface area contributed by atoms with Crippen LogP contribution < -0.4 is 9.47 Å². The van der Waals surface area contributed by atoms with Crippen LogP contribution in [0.3, 0.4) is 0 Å².